The highest BCUT2D eigenvalue weighted by atomic mass is 127. The summed E-state index contributed by atoms with van der Waals surface area (Å²) in [5.41, 5.74) is 7.39. The van der Waals surface area contributed by atoms with Crippen LogP contribution in [0.25, 0.3) is 0 Å². The number of halogens is 1. The highest BCUT2D eigenvalue weighted by Crippen LogP contribution is 2.26. The van der Waals surface area contributed by atoms with Gasteiger partial charge in [-0.1, -0.05) is 6.92 Å². The molecule has 0 saturated carbocycles. The minimum Gasteiger partial charge on any atom is -0.385 e. The van der Waals surface area contributed by atoms with Gasteiger partial charge in [0.1, 0.15) is 0 Å². The molecule has 0 amide bonds. The molecule has 1 rings (SSSR count). The van der Waals surface area contributed by atoms with Crippen molar-refractivity contribution in [2.75, 3.05) is 13.7 Å². The zero-order valence-electron chi connectivity index (χ0n) is 8.50. The largest absolute Gasteiger partial charge is 0.385 e. The Morgan fingerprint density at radius 3 is 2.86 bits per heavy atom. The Hall–Kier alpha value is 0.350. The van der Waals surface area contributed by atoms with E-state index in [4.69, 9.17) is 10.5 Å². The van der Waals surface area contributed by atoms with Crippen LogP contribution < -0.4 is 5.73 Å². The van der Waals surface area contributed by atoms with Gasteiger partial charge in [-0.3, -0.25) is 0 Å². The van der Waals surface area contributed by atoms with Crippen molar-refractivity contribution in [3.8, 4) is 0 Å². The van der Waals surface area contributed by atoms with E-state index < -0.39 is 0 Å². The summed E-state index contributed by atoms with van der Waals surface area (Å²) in [6, 6.07) is 2.31. The van der Waals surface area contributed by atoms with Gasteiger partial charge in [-0.25, -0.2) is 0 Å². The fraction of sp³-hybridized carbons (Fsp3) is 0.600. The van der Waals surface area contributed by atoms with Crippen LogP contribution in [0, 0.1) is 8.80 Å². The average molecular weight is 325 g/mol. The quantitative estimate of drug-likeness (QED) is 0.845. The number of rotatable bonds is 5. The summed E-state index contributed by atoms with van der Waals surface area (Å²) in [5, 5.41) is 2.15. The van der Waals surface area contributed by atoms with Crippen LogP contribution in [0.15, 0.2) is 11.4 Å². The Kier molecular flexibility index (Phi) is 5.36. The fourth-order valence-electron chi connectivity index (χ4n) is 1.31. The predicted molar refractivity (Wildman–Crippen MR) is 69.6 cm³/mol. The molecule has 1 aromatic heterocycles. The van der Waals surface area contributed by atoms with Gasteiger partial charge in [0.05, 0.1) is 2.88 Å². The van der Waals surface area contributed by atoms with Gasteiger partial charge in [0.2, 0.25) is 0 Å². The lowest BCUT2D eigenvalue weighted by molar-refractivity contribution is 0.174. The predicted octanol–water partition coefficient (Wildman–Crippen LogP) is 3.03. The van der Waals surface area contributed by atoms with E-state index in [9.17, 15) is 0 Å². The van der Waals surface area contributed by atoms with Gasteiger partial charge < -0.3 is 10.5 Å². The maximum absolute atomic E-state index is 6.14. The Balaban J connectivity index is 2.51. The summed E-state index contributed by atoms with van der Waals surface area (Å²) < 4.78 is 6.35. The molecule has 2 N–H and O–H groups in total. The first-order valence-electron chi connectivity index (χ1n) is 4.63. The average Bonchev–Trinajstić information content (AvgIpc) is 2.60. The second kappa shape index (κ2) is 6.05. The fourth-order valence-corrected chi connectivity index (χ4v) is 2.73. The minimum atomic E-state index is 0.143. The number of hydrogen-bond acceptors (Lipinski definition) is 3. The topological polar surface area (TPSA) is 35.2 Å². The molecule has 80 valence electrons. The molecule has 0 saturated heterocycles. The molecule has 0 aliphatic heterocycles. The molecule has 2 atom stereocenters. The molecule has 14 heavy (non-hydrogen) atoms. The highest BCUT2D eigenvalue weighted by molar-refractivity contribution is 14.1. The summed E-state index contributed by atoms with van der Waals surface area (Å²) in [5.74, 6) is 0.473. The molecule has 4 heteroatoms. The van der Waals surface area contributed by atoms with Crippen molar-refractivity contribution in [3.05, 3.63) is 19.9 Å². The van der Waals surface area contributed by atoms with Crippen LogP contribution in [0.3, 0.4) is 0 Å². The van der Waals surface area contributed by atoms with Crippen molar-refractivity contribution >= 4 is 33.9 Å². The Labute approximate surface area is 103 Å². The Bertz CT molecular complexity index is 277. The molecule has 1 heterocycles. The lowest BCUT2D eigenvalue weighted by Gasteiger charge is -2.18. The molecular weight excluding hydrogens is 309 g/mol. The highest BCUT2D eigenvalue weighted by Gasteiger charge is 2.15. The lowest BCUT2D eigenvalue weighted by Crippen LogP contribution is -2.19. The van der Waals surface area contributed by atoms with Crippen LogP contribution in [0.1, 0.15) is 24.9 Å². The van der Waals surface area contributed by atoms with E-state index in [1.54, 1.807) is 18.4 Å². The molecule has 2 unspecified atom stereocenters. The van der Waals surface area contributed by atoms with Gasteiger partial charge in [0, 0.05) is 19.8 Å². The first-order chi connectivity index (χ1) is 6.65. The van der Waals surface area contributed by atoms with Gasteiger partial charge in [-0.15, -0.1) is 11.3 Å². The van der Waals surface area contributed by atoms with E-state index in [1.165, 1.54) is 8.45 Å². The van der Waals surface area contributed by atoms with Crippen LogP contribution in [0.5, 0.6) is 0 Å². The van der Waals surface area contributed by atoms with Gasteiger partial charge in [0.15, 0.2) is 0 Å². The van der Waals surface area contributed by atoms with Gasteiger partial charge in [0.25, 0.3) is 0 Å². The van der Waals surface area contributed by atoms with Crippen molar-refractivity contribution in [2.24, 2.45) is 11.7 Å². The van der Waals surface area contributed by atoms with Gasteiger partial charge in [-0.05, 0) is 51.9 Å². The third kappa shape index (κ3) is 3.49. The van der Waals surface area contributed by atoms with Gasteiger partial charge in [-0.2, -0.15) is 0 Å². The standard InChI is InChI=1S/C10H16INOS/c1-7(3-4-13-2)10(12)8-5-9(11)14-6-8/h5-7,10H,3-4,12H2,1-2H3. The van der Waals surface area contributed by atoms with Crippen LogP contribution in [0.2, 0.25) is 0 Å². The first kappa shape index (κ1) is 12.4. The molecule has 0 bridgehead atoms. The molecule has 0 aliphatic carbocycles. The zero-order chi connectivity index (χ0) is 10.6. The first-order valence-corrected chi connectivity index (χ1v) is 6.59. The van der Waals surface area contributed by atoms with E-state index in [-0.39, 0.29) is 6.04 Å². The molecule has 0 aromatic carbocycles. The van der Waals surface area contributed by atoms with Crippen molar-refractivity contribution in [1.29, 1.82) is 0 Å². The normalized spacial score (nSPS) is 15.4. The second-order valence-electron chi connectivity index (χ2n) is 3.47. The molecule has 0 fully saturated rings. The Morgan fingerprint density at radius 2 is 2.36 bits per heavy atom. The lowest BCUT2D eigenvalue weighted by atomic mass is 9.95. The SMILES string of the molecule is COCCC(C)C(N)c1csc(I)c1. The van der Waals surface area contributed by atoms with E-state index >= 15 is 0 Å². The van der Waals surface area contributed by atoms with Gasteiger partial charge >= 0.3 is 0 Å². The molecular formula is C10H16INOS. The zero-order valence-corrected chi connectivity index (χ0v) is 11.5. The molecule has 2 nitrogen and oxygen atoms in total. The molecule has 0 aliphatic rings. The van der Waals surface area contributed by atoms with Crippen molar-refractivity contribution in [3.63, 3.8) is 0 Å². The number of ether oxygens (including phenoxy) is 1. The van der Waals surface area contributed by atoms with Crippen molar-refractivity contribution in [1.82, 2.24) is 0 Å². The number of methoxy groups -OCH3 is 1. The summed E-state index contributed by atoms with van der Waals surface area (Å²) in [6.07, 6.45) is 1.02. The van der Waals surface area contributed by atoms with Crippen molar-refractivity contribution in [2.45, 2.75) is 19.4 Å². The molecule has 0 spiro atoms. The van der Waals surface area contributed by atoms with E-state index in [0.29, 0.717) is 5.92 Å². The van der Waals surface area contributed by atoms with Crippen LogP contribution >= 0.6 is 33.9 Å². The second-order valence-corrected chi connectivity index (χ2v) is 6.27. The smallest absolute Gasteiger partial charge is 0.0656 e. The van der Waals surface area contributed by atoms with Crippen LogP contribution in [0.4, 0.5) is 0 Å². The third-order valence-electron chi connectivity index (χ3n) is 2.36. The number of thiophene rings is 1. The van der Waals surface area contributed by atoms with E-state index in [0.717, 1.165) is 13.0 Å². The summed E-state index contributed by atoms with van der Waals surface area (Å²) in [6.45, 7) is 2.96. The van der Waals surface area contributed by atoms with Crippen molar-refractivity contribution < 1.29 is 4.74 Å². The number of nitrogens with two attached hydrogens (primary N) is 1. The van der Waals surface area contributed by atoms with E-state index in [2.05, 4.69) is 41.0 Å². The van der Waals surface area contributed by atoms with Crippen LogP contribution in [-0.4, -0.2) is 13.7 Å². The minimum absolute atomic E-state index is 0.143. The summed E-state index contributed by atoms with van der Waals surface area (Å²) in [7, 11) is 1.73. The maximum atomic E-state index is 6.14. The third-order valence-corrected chi connectivity index (χ3v) is 4.17. The Morgan fingerprint density at radius 1 is 1.64 bits per heavy atom. The van der Waals surface area contributed by atoms with E-state index in [1.807, 2.05) is 0 Å². The summed E-state index contributed by atoms with van der Waals surface area (Å²) in [4.78, 5) is 0. The van der Waals surface area contributed by atoms with Crippen LogP contribution in [-0.2, 0) is 4.74 Å². The molecule has 0 radical (unpaired) electrons. The summed E-state index contributed by atoms with van der Waals surface area (Å²) >= 11 is 4.07. The number of hydrogen-bond donors (Lipinski definition) is 1. The molecule has 1 aromatic rings. The maximum Gasteiger partial charge on any atom is 0.0656 e. The monoisotopic (exact) mass is 325 g/mol.